The molecule has 0 atom stereocenters. The summed E-state index contributed by atoms with van der Waals surface area (Å²) >= 11 is 1.96. The highest BCUT2D eigenvalue weighted by Gasteiger charge is 2.15. The van der Waals surface area contributed by atoms with E-state index in [0.717, 1.165) is 30.1 Å². The molecule has 1 aliphatic heterocycles. The molecule has 1 fully saturated rings. The Morgan fingerprint density at radius 3 is 2.44 bits per heavy atom. The van der Waals surface area contributed by atoms with Gasteiger partial charge in [0.1, 0.15) is 11.9 Å². The molecule has 0 bridgehead atoms. The molecule has 0 amide bonds. The van der Waals surface area contributed by atoms with Gasteiger partial charge in [0, 0.05) is 0 Å². The Morgan fingerprint density at radius 2 is 1.88 bits per heavy atom. The molecule has 0 aromatic heterocycles. The van der Waals surface area contributed by atoms with Gasteiger partial charge in [0.25, 0.3) is 0 Å². The van der Waals surface area contributed by atoms with Gasteiger partial charge in [-0.2, -0.15) is 11.8 Å². The number of benzene rings is 1. The molecule has 3 nitrogen and oxygen atoms in total. The Labute approximate surface area is 98.8 Å². The number of rotatable bonds is 3. The van der Waals surface area contributed by atoms with Crippen molar-refractivity contribution in [2.45, 2.75) is 18.9 Å². The third kappa shape index (κ3) is 2.92. The average Bonchev–Trinajstić information content (AvgIpc) is 2.31. The van der Waals surface area contributed by atoms with E-state index in [9.17, 15) is 4.79 Å². The normalized spacial score (nSPS) is 17.0. The van der Waals surface area contributed by atoms with Crippen molar-refractivity contribution in [1.82, 2.24) is 0 Å². The number of hydrogen-bond donors (Lipinski definition) is 1. The molecule has 0 aliphatic carbocycles. The van der Waals surface area contributed by atoms with Gasteiger partial charge < -0.3 is 9.84 Å². The number of aromatic carboxylic acids is 1. The molecule has 0 spiro atoms. The van der Waals surface area contributed by atoms with Gasteiger partial charge >= 0.3 is 5.97 Å². The highest BCUT2D eigenvalue weighted by atomic mass is 32.2. The van der Waals surface area contributed by atoms with Crippen LogP contribution in [0.1, 0.15) is 23.2 Å². The third-order valence-corrected chi connectivity index (χ3v) is 3.62. The van der Waals surface area contributed by atoms with Crippen molar-refractivity contribution in [3.05, 3.63) is 29.8 Å². The Bertz CT molecular complexity index is 355. The SMILES string of the molecule is O=C(O)c1ccc(OC2CCSCC2)cc1. The molecule has 0 unspecified atom stereocenters. The van der Waals surface area contributed by atoms with Crippen LogP contribution in [0.4, 0.5) is 0 Å². The van der Waals surface area contributed by atoms with Crippen molar-refractivity contribution in [3.8, 4) is 5.75 Å². The first-order valence-electron chi connectivity index (χ1n) is 5.33. The Kier molecular flexibility index (Phi) is 3.72. The number of ether oxygens (including phenoxy) is 1. The Hall–Kier alpha value is -1.16. The maximum atomic E-state index is 10.7. The van der Waals surface area contributed by atoms with Gasteiger partial charge in [0.05, 0.1) is 5.56 Å². The standard InChI is InChI=1S/C12H14O3S/c13-12(14)9-1-3-10(4-2-9)15-11-5-7-16-8-6-11/h1-4,11H,5-8H2,(H,13,14). The topological polar surface area (TPSA) is 46.5 Å². The summed E-state index contributed by atoms with van der Waals surface area (Å²) in [5, 5.41) is 8.75. The zero-order valence-corrected chi connectivity index (χ0v) is 9.70. The summed E-state index contributed by atoms with van der Waals surface area (Å²) in [6.45, 7) is 0. The van der Waals surface area contributed by atoms with Crippen molar-refractivity contribution in [3.63, 3.8) is 0 Å². The molecule has 86 valence electrons. The van der Waals surface area contributed by atoms with Crippen LogP contribution in [-0.4, -0.2) is 28.7 Å². The zero-order valence-electron chi connectivity index (χ0n) is 8.89. The van der Waals surface area contributed by atoms with Gasteiger partial charge in [0.2, 0.25) is 0 Å². The number of thioether (sulfide) groups is 1. The van der Waals surface area contributed by atoms with Crippen LogP contribution in [0, 0.1) is 0 Å². The first kappa shape index (κ1) is 11.3. The van der Waals surface area contributed by atoms with Crippen LogP contribution in [0.3, 0.4) is 0 Å². The van der Waals surface area contributed by atoms with E-state index in [1.54, 1.807) is 24.3 Å². The predicted molar refractivity (Wildman–Crippen MR) is 64.4 cm³/mol. The van der Waals surface area contributed by atoms with Crippen LogP contribution in [0.5, 0.6) is 5.75 Å². The minimum absolute atomic E-state index is 0.289. The molecule has 1 heterocycles. The number of carboxylic acid groups (broad SMARTS) is 1. The molecule has 0 saturated carbocycles. The molecule has 0 radical (unpaired) electrons. The van der Waals surface area contributed by atoms with Crippen molar-refractivity contribution in [1.29, 1.82) is 0 Å². The largest absolute Gasteiger partial charge is 0.490 e. The molecule has 1 aromatic carbocycles. The smallest absolute Gasteiger partial charge is 0.335 e. The van der Waals surface area contributed by atoms with Crippen molar-refractivity contribution < 1.29 is 14.6 Å². The van der Waals surface area contributed by atoms with Gasteiger partial charge in [-0.05, 0) is 48.6 Å². The molecule has 1 saturated heterocycles. The number of carboxylic acids is 1. The second-order valence-electron chi connectivity index (χ2n) is 3.76. The quantitative estimate of drug-likeness (QED) is 0.879. The Balaban J connectivity index is 1.96. The molecule has 1 aromatic rings. The monoisotopic (exact) mass is 238 g/mol. The predicted octanol–water partition coefficient (Wildman–Crippen LogP) is 2.66. The number of hydrogen-bond acceptors (Lipinski definition) is 3. The lowest BCUT2D eigenvalue weighted by atomic mass is 10.2. The average molecular weight is 238 g/mol. The highest BCUT2D eigenvalue weighted by Crippen LogP contribution is 2.22. The van der Waals surface area contributed by atoms with E-state index in [0.29, 0.717) is 5.56 Å². The Morgan fingerprint density at radius 1 is 1.25 bits per heavy atom. The van der Waals surface area contributed by atoms with Crippen LogP contribution in [0.2, 0.25) is 0 Å². The van der Waals surface area contributed by atoms with E-state index in [2.05, 4.69) is 0 Å². The minimum atomic E-state index is -0.902. The summed E-state index contributed by atoms with van der Waals surface area (Å²) < 4.78 is 5.78. The van der Waals surface area contributed by atoms with E-state index in [1.807, 2.05) is 11.8 Å². The molecular weight excluding hydrogens is 224 g/mol. The third-order valence-electron chi connectivity index (χ3n) is 2.57. The summed E-state index contributed by atoms with van der Waals surface area (Å²) in [5.74, 6) is 2.16. The molecular formula is C12H14O3S. The molecule has 1 N–H and O–H groups in total. The fourth-order valence-electron chi connectivity index (χ4n) is 1.66. The molecule has 2 rings (SSSR count). The lowest BCUT2D eigenvalue weighted by molar-refractivity contribution is 0.0697. The van der Waals surface area contributed by atoms with Crippen LogP contribution >= 0.6 is 11.8 Å². The fraction of sp³-hybridized carbons (Fsp3) is 0.417. The molecule has 1 aliphatic rings. The van der Waals surface area contributed by atoms with Crippen molar-refractivity contribution in [2.24, 2.45) is 0 Å². The summed E-state index contributed by atoms with van der Waals surface area (Å²) in [5.41, 5.74) is 0.298. The van der Waals surface area contributed by atoms with Gasteiger partial charge in [-0.1, -0.05) is 0 Å². The summed E-state index contributed by atoms with van der Waals surface area (Å²) in [4.78, 5) is 10.7. The second-order valence-corrected chi connectivity index (χ2v) is 4.98. The lowest BCUT2D eigenvalue weighted by Gasteiger charge is -2.22. The van der Waals surface area contributed by atoms with Gasteiger partial charge in [-0.25, -0.2) is 4.79 Å². The number of carbonyl (C=O) groups is 1. The first-order chi connectivity index (χ1) is 7.75. The lowest BCUT2D eigenvalue weighted by Crippen LogP contribution is -2.22. The zero-order chi connectivity index (χ0) is 11.4. The fourth-order valence-corrected chi connectivity index (χ4v) is 2.73. The summed E-state index contributed by atoms with van der Waals surface area (Å²) in [6, 6.07) is 6.61. The van der Waals surface area contributed by atoms with Crippen LogP contribution in [0.15, 0.2) is 24.3 Å². The van der Waals surface area contributed by atoms with Gasteiger partial charge in [0.15, 0.2) is 0 Å². The minimum Gasteiger partial charge on any atom is -0.490 e. The van der Waals surface area contributed by atoms with Gasteiger partial charge in [-0.3, -0.25) is 0 Å². The van der Waals surface area contributed by atoms with E-state index in [4.69, 9.17) is 9.84 Å². The molecule has 16 heavy (non-hydrogen) atoms. The van der Waals surface area contributed by atoms with E-state index in [1.165, 1.54) is 0 Å². The van der Waals surface area contributed by atoms with Crippen molar-refractivity contribution in [2.75, 3.05) is 11.5 Å². The second kappa shape index (κ2) is 5.25. The van der Waals surface area contributed by atoms with E-state index < -0.39 is 5.97 Å². The first-order valence-corrected chi connectivity index (χ1v) is 6.49. The van der Waals surface area contributed by atoms with E-state index >= 15 is 0 Å². The highest BCUT2D eigenvalue weighted by molar-refractivity contribution is 7.99. The summed E-state index contributed by atoms with van der Waals surface area (Å²) in [7, 11) is 0. The molecule has 4 heteroatoms. The van der Waals surface area contributed by atoms with Crippen LogP contribution in [-0.2, 0) is 0 Å². The van der Waals surface area contributed by atoms with E-state index in [-0.39, 0.29) is 6.10 Å². The maximum Gasteiger partial charge on any atom is 0.335 e. The van der Waals surface area contributed by atoms with Crippen LogP contribution in [0.25, 0.3) is 0 Å². The van der Waals surface area contributed by atoms with Crippen LogP contribution < -0.4 is 4.74 Å². The van der Waals surface area contributed by atoms with Gasteiger partial charge in [-0.15, -0.1) is 0 Å². The van der Waals surface area contributed by atoms with Crippen molar-refractivity contribution >= 4 is 17.7 Å². The summed E-state index contributed by atoms with van der Waals surface area (Å²) in [6.07, 6.45) is 2.44. The maximum absolute atomic E-state index is 10.7.